The lowest BCUT2D eigenvalue weighted by Crippen LogP contribution is -2.52. The second kappa shape index (κ2) is 15.6. The average molecular weight is 680 g/mol. The van der Waals surface area contributed by atoms with E-state index in [2.05, 4.69) is 5.32 Å². The number of phenols is 1. The number of ether oxygens (including phenoxy) is 3. The SMILES string of the molecule is O=C(COc1cccc(O)c1)N[C@@H](Cc1ccccc1)[C@@H](O)CN(CCc1ccc2c(c1)OCO2)C(=O)CCN1C(=O)c2ccccc2C1=O. The largest absolute Gasteiger partial charge is 0.508 e. The predicted molar refractivity (Wildman–Crippen MR) is 181 cm³/mol. The number of imide groups is 1. The van der Waals surface area contributed by atoms with Gasteiger partial charge in [-0.25, -0.2) is 0 Å². The van der Waals surface area contributed by atoms with Gasteiger partial charge in [-0.2, -0.15) is 0 Å². The zero-order valence-corrected chi connectivity index (χ0v) is 27.2. The van der Waals surface area contributed by atoms with E-state index in [1.165, 1.54) is 17.0 Å². The molecular formula is C38H37N3O9. The molecule has 0 aliphatic carbocycles. The Labute approximate surface area is 288 Å². The number of rotatable bonds is 15. The second-order valence-electron chi connectivity index (χ2n) is 12.1. The zero-order chi connectivity index (χ0) is 35.0. The predicted octanol–water partition coefficient (Wildman–Crippen LogP) is 3.35. The summed E-state index contributed by atoms with van der Waals surface area (Å²) in [5, 5.41) is 24.2. The quantitative estimate of drug-likeness (QED) is 0.161. The van der Waals surface area contributed by atoms with Crippen molar-refractivity contribution in [3.8, 4) is 23.0 Å². The maximum Gasteiger partial charge on any atom is 0.261 e. The van der Waals surface area contributed by atoms with Crippen molar-refractivity contribution in [2.24, 2.45) is 0 Å². The van der Waals surface area contributed by atoms with E-state index in [1.807, 2.05) is 42.5 Å². The molecule has 3 N–H and O–H groups in total. The molecule has 0 fully saturated rings. The van der Waals surface area contributed by atoms with Crippen LogP contribution in [0.5, 0.6) is 23.0 Å². The number of phenolic OH excluding ortho intramolecular Hbond substituents is 1. The van der Waals surface area contributed by atoms with Gasteiger partial charge in [-0.1, -0.05) is 54.6 Å². The molecule has 0 spiro atoms. The summed E-state index contributed by atoms with van der Waals surface area (Å²) < 4.78 is 16.5. The van der Waals surface area contributed by atoms with Crippen LogP contribution in [-0.2, 0) is 22.4 Å². The van der Waals surface area contributed by atoms with Crippen molar-refractivity contribution in [1.82, 2.24) is 15.1 Å². The Morgan fingerprint density at radius 1 is 0.860 bits per heavy atom. The number of carbonyl (C=O) groups excluding carboxylic acids is 4. The van der Waals surface area contributed by atoms with Crippen LogP contribution in [-0.4, -0.2) is 88.8 Å². The topological polar surface area (TPSA) is 155 Å². The number of benzene rings is 4. The Morgan fingerprint density at radius 2 is 1.58 bits per heavy atom. The summed E-state index contributed by atoms with van der Waals surface area (Å²) >= 11 is 0. The molecule has 2 heterocycles. The van der Waals surface area contributed by atoms with Crippen molar-refractivity contribution in [2.75, 3.05) is 33.0 Å². The van der Waals surface area contributed by atoms with Crippen LogP contribution in [0.3, 0.4) is 0 Å². The number of carbonyl (C=O) groups is 4. The third-order valence-corrected chi connectivity index (χ3v) is 8.59. The van der Waals surface area contributed by atoms with Gasteiger partial charge in [0.15, 0.2) is 18.1 Å². The number of aliphatic hydroxyl groups excluding tert-OH is 1. The summed E-state index contributed by atoms with van der Waals surface area (Å²) in [5.41, 5.74) is 2.33. The Morgan fingerprint density at radius 3 is 2.32 bits per heavy atom. The number of nitrogens with zero attached hydrogens (tertiary/aromatic N) is 2. The van der Waals surface area contributed by atoms with Crippen LogP contribution in [0.25, 0.3) is 0 Å². The van der Waals surface area contributed by atoms with E-state index in [-0.39, 0.29) is 57.5 Å². The molecule has 50 heavy (non-hydrogen) atoms. The molecule has 0 radical (unpaired) electrons. The minimum atomic E-state index is -1.21. The standard InChI is InChI=1S/C38H37N3O9/c42-27-9-6-10-28(21-27)48-23-35(44)39-31(19-25-7-2-1-3-8-25)32(43)22-40(17-15-26-13-14-33-34(20-26)50-24-49-33)36(45)16-18-41-37(46)29-11-4-5-12-30(29)38(41)47/h1-14,20-21,31-32,42-43H,15-19,22-24H2,(H,39,44)/t31-,32-/m0/s1. The lowest BCUT2D eigenvalue weighted by Gasteiger charge is -2.31. The molecule has 2 atom stereocenters. The summed E-state index contributed by atoms with van der Waals surface area (Å²) in [6.07, 6.45) is -0.693. The monoisotopic (exact) mass is 679 g/mol. The van der Waals surface area contributed by atoms with Crippen LogP contribution < -0.4 is 19.5 Å². The van der Waals surface area contributed by atoms with Crippen LogP contribution in [0.1, 0.15) is 38.3 Å². The highest BCUT2D eigenvalue weighted by Gasteiger charge is 2.35. The Kier molecular flexibility index (Phi) is 10.6. The minimum absolute atomic E-state index is 0.00575. The fourth-order valence-corrected chi connectivity index (χ4v) is 5.96. The number of fused-ring (bicyclic) bond motifs is 2. The summed E-state index contributed by atoms with van der Waals surface area (Å²) in [5.74, 6) is -0.258. The van der Waals surface area contributed by atoms with E-state index >= 15 is 0 Å². The first-order chi connectivity index (χ1) is 24.2. The van der Waals surface area contributed by atoms with Gasteiger partial charge in [0.1, 0.15) is 11.5 Å². The second-order valence-corrected chi connectivity index (χ2v) is 12.1. The average Bonchev–Trinajstić information content (AvgIpc) is 3.69. The molecule has 0 bridgehead atoms. The van der Waals surface area contributed by atoms with Crippen molar-refractivity contribution in [3.63, 3.8) is 0 Å². The molecule has 0 unspecified atom stereocenters. The number of nitrogens with one attached hydrogen (secondary N) is 1. The van der Waals surface area contributed by atoms with Crippen LogP contribution in [0.15, 0.2) is 97.1 Å². The van der Waals surface area contributed by atoms with E-state index in [0.717, 1.165) is 16.0 Å². The van der Waals surface area contributed by atoms with Crippen LogP contribution >= 0.6 is 0 Å². The van der Waals surface area contributed by atoms with E-state index < -0.39 is 29.9 Å². The van der Waals surface area contributed by atoms with Gasteiger partial charge in [0, 0.05) is 32.1 Å². The van der Waals surface area contributed by atoms with Gasteiger partial charge < -0.3 is 34.6 Å². The number of amides is 4. The molecule has 6 rings (SSSR count). The van der Waals surface area contributed by atoms with Crippen LogP contribution in [0, 0.1) is 0 Å². The maximum atomic E-state index is 13.8. The summed E-state index contributed by atoms with van der Waals surface area (Å²) in [6.45, 7) is -0.311. The Bertz CT molecular complexity index is 1830. The number of aliphatic hydroxyl groups is 1. The Balaban J connectivity index is 1.16. The fourth-order valence-electron chi connectivity index (χ4n) is 5.96. The molecule has 258 valence electrons. The fraction of sp³-hybridized carbons (Fsp3) is 0.263. The Hall–Kier alpha value is -5.88. The van der Waals surface area contributed by atoms with Crippen LogP contribution in [0.2, 0.25) is 0 Å². The number of hydrogen-bond donors (Lipinski definition) is 3. The molecule has 2 aliphatic rings. The van der Waals surface area contributed by atoms with Crippen LogP contribution in [0.4, 0.5) is 0 Å². The highest BCUT2D eigenvalue weighted by molar-refractivity contribution is 6.21. The van der Waals surface area contributed by atoms with Gasteiger partial charge in [-0.15, -0.1) is 0 Å². The molecule has 0 aromatic heterocycles. The first kappa shape index (κ1) is 34.0. The van der Waals surface area contributed by atoms with Crippen molar-refractivity contribution >= 4 is 23.6 Å². The molecule has 2 aliphatic heterocycles. The normalized spacial score (nSPS) is 14.2. The molecule has 12 heteroatoms. The van der Waals surface area contributed by atoms with E-state index in [9.17, 15) is 29.4 Å². The van der Waals surface area contributed by atoms with Crippen molar-refractivity contribution in [3.05, 3.63) is 119 Å². The van der Waals surface area contributed by atoms with E-state index in [0.29, 0.717) is 34.8 Å². The third kappa shape index (κ3) is 8.21. The lowest BCUT2D eigenvalue weighted by atomic mass is 10.00. The van der Waals surface area contributed by atoms with Gasteiger partial charge in [0.25, 0.3) is 17.7 Å². The van der Waals surface area contributed by atoms with Crippen molar-refractivity contribution in [1.29, 1.82) is 0 Å². The van der Waals surface area contributed by atoms with Gasteiger partial charge in [0.05, 0.1) is 23.3 Å². The number of aromatic hydroxyl groups is 1. The smallest absolute Gasteiger partial charge is 0.261 e. The molecule has 4 amide bonds. The maximum absolute atomic E-state index is 13.8. The van der Waals surface area contributed by atoms with Gasteiger partial charge in [0.2, 0.25) is 12.7 Å². The zero-order valence-electron chi connectivity index (χ0n) is 27.2. The minimum Gasteiger partial charge on any atom is -0.508 e. The molecule has 4 aromatic rings. The summed E-state index contributed by atoms with van der Waals surface area (Å²) in [4.78, 5) is 55.3. The number of hydrogen-bond acceptors (Lipinski definition) is 9. The molecule has 0 saturated carbocycles. The van der Waals surface area contributed by atoms with Crippen molar-refractivity contribution < 1.29 is 43.6 Å². The van der Waals surface area contributed by atoms with Gasteiger partial charge in [-0.3, -0.25) is 24.1 Å². The first-order valence-corrected chi connectivity index (χ1v) is 16.3. The van der Waals surface area contributed by atoms with Gasteiger partial charge >= 0.3 is 0 Å². The van der Waals surface area contributed by atoms with Crippen molar-refractivity contribution in [2.45, 2.75) is 31.4 Å². The highest BCUT2D eigenvalue weighted by atomic mass is 16.7. The van der Waals surface area contributed by atoms with E-state index in [1.54, 1.807) is 42.5 Å². The lowest BCUT2D eigenvalue weighted by molar-refractivity contribution is -0.133. The molecule has 12 nitrogen and oxygen atoms in total. The van der Waals surface area contributed by atoms with Gasteiger partial charge in [-0.05, 0) is 60.4 Å². The first-order valence-electron chi connectivity index (χ1n) is 16.3. The molecular weight excluding hydrogens is 642 g/mol. The molecule has 4 aromatic carbocycles. The van der Waals surface area contributed by atoms with E-state index in [4.69, 9.17) is 14.2 Å². The molecule has 0 saturated heterocycles. The summed E-state index contributed by atoms with van der Waals surface area (Å²) in [6, 6.07) is 26.6. The third-order valence-electron chi connectivity index (χ3n) is 8.59. The summed E-state index contributed by atoms with van der Waals surface area (Å²) in [7, 11) is 0. The highest BCUT2D eigenvalue weighted by Crippen LogP contribution is 2.32.